The summed E-state index contributed by atoms with van der Waals surface area (Å²) in [5.74, 6) is 0.260. The van der Waals surface area contributed by atoms with Gasteiger partial charge in [-0.1, -0.05) is 83.5 Å². The van der Waals surface area contributed by atoms with Crippen molar-refractivity contribution in [1.82, 2.24) is 0 Å². The second-order valence-electron chi connectivity index (χ2n) is 6.15. The van der Waals surface area contributed by atoms with E-state index in [1.165, 1.54) is 5.56 Å². The maximum absolute atomic E-state index is 12.5. The van der Waals surface area contributed by atoms with Crippen LogP contribution < -0.4 is 0 Å². The van der Waals surface area contributed by atoms with E-state index in [1.54, 1.807) is 24.3 Å². The highest BCUT2D eigenvalue weighted by Gasteiger charge is 2.20. The number of hydrogen-bond acceptors (Lipinski definition) is 2. The fourth-order valence-corrected chi connectivity index (χ4v) is 4.69. The third-order valence-corrected chi connectivity index (χ3v) is 6.06. The van der Waals surface area contributed by atoms with Gasteiger partial charge in [0.05, 0.1) is 10.6 Å². The minimum Gasteiger partial charge on any atom is -0.223 e. The fraction of sp³-hybridized carbons (Fsp3) is 0.300. The molecule has 4 heteroatoms. The van der Waals surface area contributed by atoms with Crippen molar-refractivity contribution in [2.45, 2.75) is 35.4 Å². The molecule has 2 aromatic carbocycles. The number of benzene rings is 2. The maximum atomic E-state index is 12.5. The molecule has 128 valence electrons. The fourth-order valence-electron chi connectivity index (χ4n) is 2.84. The van der Waals surface area contributed by atoms with E-state index in [0.717, 1.165) is 12.0 Å². The third kappa shape index (κ3) is 5.60. The zero-order chi connectivity index (χ0) is 17.6. The van der Waals surface area contributed by atoms with Gasteiger partial charge in [-0.2, -0.15) is 0 Å². The van der Waals surface area contributed by atoms with Gasteiger partial charge < -0.3 is 0 Å². The van der Waals surface area contributed by atoms with Crippen LogP contribution in [0.25, 0.3) is 0 Å². The first-order valence-electron chi connectivity index (χ1n) is 8.02. The van der Waals surface area contributed by atoms with E-state index in [1.807, 2.05) is 24.3 Å². The Morgan fingerprint density at radius 3 is 2.12 bits per heavy atom. The molecule has 24 heavy (non-hydrogen) atoms. The molecule has 0 aliphatic carbocycles. The summed E-state index contributed by atoms with van der Waals surface area (Å²) < 4.78 is 25.0. The van der Waals surface area contributed by atoms with Crippen LogP contribution in [-0.4, -0.2) is 19.0 Å². The van der Waals surface area contributed by atoms with E-state index in [9.17, 15) is 8.42 Å². The highest BCUT2D eigenvalue weighted by atomic mass is 79.9. The number of halogens is 1. The average Bonchev–Trinajstić information content (AvgIpc) is 2.55. The van der Waals surface area contributed by atoms with E-state index in [4.69, 9.17) is 0 Å². The quantitative estimate of drug-likeness (QED) is 0.436. The van der Waals surface area contributed by atoms with Crippen molar-refractivity contribution in [1.29, 1.82) is 0 Å². The average molecular weight is 407 g/mol. The molecular weight excluding hydrogens is 384 g/mol. The van der Waals surface area contributed by atoms with E-state index >= 15 is 0 Å². The predicted octanol–water partition coefficient (Wildman–Crippen LogP) is 5.36. The first kappa shape index (κ1) is 18.9. The Balaban J connectivity index is 2.11. The van der Waals surface area contributed by atoms with Crippen molar-refractivity contribution < 1.29 is 8.42 Å². The van der Waals surface area contributed by atoms with Crippen LogP contribution in [0.4, 0.5) is 0 Å². The molecule has 0 aliphatic heterocycles. The monoisotopic (exact) mass is 406 g/mol. The largest absolute Gasteiger partial charge is 0.223 e. The van der Waals surface area contributed by atoms with Crippen molar-refractivity contribution in [3.63, 3.8) is 0 Å². The lowest BCUT2D eigenvalue weighted by molar-refractivity contribution is 0.592. The smallest absolute Gasteiger partial charge is 0.182 e. The summed E-state index contributed by atoms with van der Waals surface area (Å²) in [6.45, 7) is 6.15. The lowest BCUT2D eigenvalue weighted by atomic mass is 9.89. The molecule has 0 heterocycles. The summed E-state index contributed by atoms with van der Waals surface area (Å²) in [7, 11) is -3.33. The van der Waals surface area contributed by atoms with Crippen LogP contribution in [0, 0.1) is 0 Å². The van der Waals surface area contributed by atoms with Crippen LogP contribution in [0.2, 0.25) is 0 Å². The van der Waals surface area contributed by atoms with Crippen molar-refractivity contribution in [3.05, 3.63) is 78.4 Å². The molecule has 2 aromatic rings. The zero-order valence-corrected chi connectivity index (χ0v) is 16.3. The Hall–Kier alpha value is -1.39. The Morgan fingerprint density at radius 2 is 1.58 bits per heavy atom. The minimum absolute atomic E-state index is 0.00296. The van der Waals surface area contributed by atoms with Gasteiger partial charge in [-0.15, -0.1) is 0 Å². The molecule has 0 amide bonds. The molecule has 0 saturated heterocycles. The third-order valence-electron chi connectivity index (χ3n) is 3.91. The van der Waals surface area contributed by atoms with E-state index in [2.05, 4.69) is 41.6 Å². The molecule has 0 N–H and O–H groups in total. The first-order valence-corrected chi connectivity index (χ1v) is 10.6. The Kier molecular flexibility index (Phi) is 6.81. The molecule has 0 bridgehead atoms. The van der Waals surface area contributed by atoms with Gasteiger partial charge in [0.25, 0.3) is 0 Å². The maximum Gasteiger partial charge on any atom is 0.182 e. The number of sulfone groups is 1. The van der Waals surface area contributed by atoms with Crippen molar-refractivity contribution in [2.75, 3.05) is 5.75 Å². The van der Waals surface area contributed by atoms with Crippen LogP contribution in [0.15, 0.2) is 77.7 Å². The summed E-state index contributed by atoms with van der Waals surface area (Å²) in [5.41, 5.74) is 1.97. The van der Waals surface area contributed by atoms with Gasteiger partial charge in [0.15, 0.2) is 9.84 Å². The predicted molar refractivity (Wildman–Crippen MR) is 104 cm³/mol. The standard InChI is InChI=1S/C20H23BrO2S/c1-16(15-24(22,23)20-11-7-4-8-12-20)13-19(14-17(2)21)18-9-5-3-6-10-18/h3-12,17,19H,1,13-15H2,2H3. The second-order valence-corrected chi connectivity index (χ2v) is 9.70. The van der Waals surface area contributed by atoms with Gasteiger partial charge >= 0.3 is 0 Å². The van der Waals surface area contributed by atoms with Crippen LogP contribution in [0.3, 0.4) is 0 Å². The summed E-state index contributed by atoms with van der Waals surface area (Å²) in [4.78, 5) is 0.720. The van der Waals surface area contributed by atoms with Crippen LogP contribution >= 0.6 is 15.9 Å². The van der Waals surface area contributed by atoms with E-state index in [0.29, 0.717) is 16.1 Å². The lowest BCUT2D eigenvalue weighted by Gasteiger charge is -2.20. The second kappa shape index (κ2) is 8.63. The molecule has 0 saturated carbocycles. The molecule has 0 aliphatic rings. The Morgan fingerprint density at radius 1 is 1.04 bits per heavy atom. The van der Waals surface area contributed by atoms with Crippen molar-refractivity contribution in [3.8, 4) is 0 Å². The topological polar surface area (TPSA) is 34.1 Å². The van der Waals surface area contributed by atoms with Gasteiger partial charge in [0.1, 0.15) is 0 Å². The SMILES string of the molecule is C=C(CC(CC(C)Br)c1ccccc1)CS(=O)(=O)c1ccccc1. The first-order chi connectivity index (χ1) is 11.4. The highest BCUT2D eigenvalue weighted by molar-refractivity contribution is 9.09. The van der Waals surface area contributed by atoms with Crippen LogP contribution in [0.1, 0.15) is 31.2 Å². The van der Waals surface area contributed by atoms with Gasteiger partial charge in [0, 0.05) is 4.83 Å². The molecule has 2 nitrogen and oxygen atoms in total. The molecule has 0 radical (unpaired) electrons. The number of rotatable bonds is 8. The van der Waals surface area contributed by atoms with Gasteiger partial charge in [0.2, 0.25) is 0 Å². The summed E-state index contributed by atoms with van der Waals surface area (Å²) in [6.07, 6.45) is 1.61. The van der Waals surface area contributed by atoms with Crippen molar-refractivity contribution in [2.24, 2.45) is 0 Å². The molecule has 2 rings (SSSR count). The number of hydrogen-bond donors (Lipinski definition) is 0. The minimum atomic E-state index is -3.33. The molecule has 2 atom stereocenters. The Bertz CT molecular complexity index is 753. The Labute approximate surface area is 153 Å². The molecule has 2 unspecified atom stereocenters. The van der Waals surface area contributed by atoms with E-state index in [-0.39, 0.29) is 11.7 Å². The summed E-state index contributed by atoms with van der Waals surface area (Å²) in [6, 6.07) is 18.8. The normalized spacial score (nSPS) is 14.1. The zero-order valence-electron chi connectivity index (χ0n) is 13.9. The molecule has 0 aromatic heterocycles. The molecule has 0 fully saturated rings. The van der Waals surface area contributed by atoms with Crippen LogP contribution in [-0.2, 0) is 9.84 Å². The van der Waals surface area contributed by atoms with Gasteiger partial charge in [-0.05, 0) is 36.5 Å². The molecule has 0 spiro atoms. The number of alkyl halides is 1. The van der Waals surface area contributed by atoms with Crippen molar-refractivity contribution >= 4 is 25.8 Å². The van der Waals surface area contributed by atoms with Gasteiger partial charge in [-0.25, -0.2) is 8.42 Å². The van der Waals surface area contributed by atoms with E-state index < -0.39 is 9.84 Å². The van der Waals surface area contributed by atoms with Crippen LogP contribution in [0.5, 0.6) is 0 Å². The summed E-state index contributed by atoms with van der Waals surface area (Å²) >= 11 is 3.61. The van der Waals surface area contributed by atoms with Gasteiger partial charge in [-0.3, -0.25) is 0 Å². The summed E-state index contributed by atoms with van der Waals surface area (Å²) in [5, 5.41) is 0. The lowest BCUT2D eigenvalue weighted by Crippen LogP contribution is -2.12. The molecular formula is C20H23BrO2S. The highest BCUT2D eigenvalue weighted by Crippen LogP contribution is 2.30.